The molecule has 2 aromatic heterocycles. The smallest absolute Gasteiger partial charge is 0.258 e. The average Bonchev–Trinajstić information content (AvgIpc) is 2.96. The van der Waals surface area contributed by atoms with Crippen molar-refractivity contribution in [1.82, 2.24) is 14.3 Å². The highest BCUT2D eigenvalue weighted by Crippen LogP contribution is 2.46. The van der Waals surface area contributed by atoms with Gasteiger partial charge in [0.15, 0.2) is 0 Å². The Morgan fingerprint density at radius 2 is 2.16 bits per heavy atom. The molecule has 0 radical (unpaired) electrons. The van der Waals surface area contributed by atoms with Gasteiger partial charge in [-0.1, -0.05) is 6.42 Å². The minimum absolute atomic E-state index is 0.00218. The van der Waals surface area contributed by atoms with Crippen LogP contribution in [0.1, 0.15) is 43.4 Å². The number of piperidine rings is 1. The number of methoxy groups -OCH3 is 1. The van der Waals surface area contributed by atoms with Crippen LogP contribution in [0, 0.1) is 12.3 Å². The molecule has 2 aromatic rings. The van der Waals surface area contributed by atoms with E-state index in [0.29, 0.717) is 11.5 Å². The standard InChI is InChI=1S/C20H27N3O2/c1-15-6-10-23-18(11-15)21-16(12-19(23)24)13-22-9-4-8-20(14-22)7-3-5-17(20)25-2/h6,10-12,17H,3-5,7-9,13-14H2,1-2H3/t17-,20-/m1/s1. The summed E-state index contributed by atoms with van der Waals surface area (Å²) in [6.07, 6.45) is 8.35. The number of likely N-dealkylation sites (tertiary alicyclic amines) is 1. The van der Waals surface area contributed by atoms with Crippen LogP contribution in [0.3, 0.4) is 0 Å². The highest BCUT2D eigenvalue weighted by molar-refractivity contribution is 5.41. The van der Waals surface area contributed by atoms with Crippen molar-refractivity contribution in [3.8, 4) is 0 Å². The van der Waals surface area contributed by atoms with Crippen molar-refractivity contribution in [3.05, 3.63) is 46.0 Å². The molecule has 0 bridgehead atoms. The molecule has 2 aliphatic rings. The number of hydrogen-bond donors (Lipinski definition) is 0. The third kappa shape index (κ3) is 3.11. The lowest BCUT2D eigenvalue weighted by Gasteiger charge is -2.43. The van der Waals surface area contributed by atoms with E-state index in [9.17, 15) is 4.79 Å². The molecular weight excluding hydrogens is 314 g/mol. The monoisotopic (exact) mass is 341 g/mol. The van der Waals surface area contributed by atoms with Gasteiger partial charge in [0.1, 0.15) is 5.65 Å². The summed E-state index contributed by atoms with van der Waals surface area (Å²) in [6.45, 7) is 4.91. The maximum Gasteiger partial charge on any atom is 0.258 e. The first kappa shape index (κ1) is 16.7. The highest BCUT2D eigenvalue weighted by atomic mass is 16.5. The van der Waals surface area contributed by atoms with Crippen LogP contribution in [0.5, 0.6) is 0 Å². The number of aryl methyl sites for hydroxylation is 1. The molecule has 4 rings (SSSR count). The van der Waals surface area contributed by atoms with Crippen molar-refractivity contribution < 1.29 is 4.74 Å². The summed E-state index contributed by atoms with van der Waals surface area (Å²) >= 11 is 0. The van der Waals surface area contributed by atoms with Crippen LogP contribution in [0.2, 0.25) is 0 Å². The van der Waals surface area contributed by atoms with E-state index in [1.165, 1.54) is 32.1 Å². The van der Waals surface area contributed by atoms with Gasteiger partial charge in [0.2, 0.25) is 0 Å². The van der Waals surface area contributed by atoms with Crippen LogP contribution in [-0.2, 0) is 11.3 Å². The zero-order chi connectivity index (χ0) is 17.4. The average molecular weight is 341 g/mol. The van der Waals surface area contributed by atoms with Crippen molar-refractivity contribution in [2.45, 2.75) is 51.7 Å². The Bertz CT molecular complexity index is 831. The van der Waals surface area contributed by atoms with Crippen molar-refractivity contribution in [3.63, 3.8) is 0 Å². The molecule has 1 saturated heterocycles. The molecule has 134 valence electrons. The first-order valence-corrected chi connectivity index (χ1v) is 9.34. The number of ether oxygens (including phenoxy) is 1. The van der Waals surface area contributed by atoms with Crippen LogP contribution in [0.25, 0.3) is 5.65 Å². The maximum absolute atomic E-state index is 12.4. The summed E-state index contributed by atoms with van der Waals surface area (Å²) in [5.41, 5.74) is 3.04. The fraction of sp³-hybridized carbons (Fsp3) is 0.600. The highest BCUT2D eigenvalue weighted by Gasteiger charge is 2.45. The van der Waals surface area contributed by atoms with Crippen LogP contribution in [0.15, 0.2) is 29.2 Å². The number of rotatable bonds is 3. The van der Waals surface area contributed by atoms with E-state index in [4.69, 9.17) is 9.72 Å². The van der Waals surface area contributed by atoms with Crippen molar-refractivity contribution in [2.24, 2.45) is 5.41 Å². The van der Waals surface area contributed by atoms with Crippen LogP contribution in [0.4, 0.5) is 0 Å². The lowest BCUT2D eigenvalue weighted by Crippen LogP contribution is -2.47. The Labute approximate surface area is 148 Å². The van der Waals surface area contributed by atoms with E-state index in [1.807, 2.05) is 26.2 Å². The maximum atomic E-state index is 12.4. The molecule has 25 heavy (non-hydrogen) atoms. The normalized spacial score (nSPS) is 27.4. The molecule has 5 nitrogen and oxygen atoms in total. The lowest BCUT2D eigenvalue weighted by atomic mass is 9.76. The first-order chi connectivity index (χ1) is 12.1. The summed E-state index contributed by atoms with van der Waals surface area (Å²) in [6, 6.07) is 5.60. The van der Waals surface area contributed by atoms with E-state index >= 15 is 0 Å². The molecule has 3 heterocycles. The van der Waals surface area contributed by atoms with Gasteiger partial charge in [-0.2, -0.15) is 0 Å². The quantitative estimate of drug-likeness (QED) is 0.861. The molecule has 0 unspecified atom stereocenters. The molecule has 1 aliphatic heterocycles. The van der Waals surface area contributed by atoms with Gasteiger partial charge >= 0.3 is 0 Å². The number of fused-ring (bicyclic) bond motifs is 1. The molecular formula is C20H27N3O2. The van der Waals surface area contributed by atoms with Gasteiger partial charge in [0, 0.05) is 37.9 Å². The predicted octanol–water partition coefficient (Wildman–Crippen LogP) is 2.78. The fourth-order valence-corrected chi connectivity index (χ4v) is 4.90. The van der Waals surface area contributed by atoms with E-state index in [0.717, 1.165) is 36.5 Å². The minimum atomic E-state index is 0.00218. The Morgan fingerprint density at radius 3 is 3.00 bits per heavy atom. The topological polar surface area (TPSA) is 46.8 Å². The molecule has 5 heteroatoms. The second-order valence-electron chi connectivity index (χ2n) is 7.81. The second-order valence-corrected chi connectivity index (χ2v) is 7.81. The van der Waals surface area contributed by atoms with E-state index in [2.05, 4.69) is 4.90 Å². The summed E-state index contributed by atoms with van der Waals surface area (Å²) in [4.78, 5) is 19.6. The Hall–Kier alpha value is -1.72. The second kappa shape index (κ2) is 6.54. The molecule has 1 spiro atoms. The van der Waals surface area contributed by atoms with Crippen molar-refractivity contribution >= 4 is 5.65 Å². The molecule has 1 aliphatic carbocycles. The number of aromatic nitrogens is 2. The number of pyridine rings is 1. The van der Waals surface area contributed by atoms with Crippen LogP contribution in [-0.4, -0.2) is 40.6 Å². The molecule has 1 saturated carbocycles. The van der Waals surface area contributed by atoms with E-state index in [-0.39, 0.29) is 5.56 Å². The van der Waals surface area contributed by atoms with Gasteiger partial charge < -0.3 is 4.74 Å². The van der Waals surface area contributed by atoms with Gasteiger partial charge in [0.05, 0.1) is 11.8 Å². The Balaban J connectivity index is 1.57. The molecule has 2 atom stereocenters. The SMILES string of the molecule is CO[C@@H]1CCC[C@]12CCCN(Cc1cc(=O)n3ccc(C)cc3n1)C2. The van der Waals surface area contributed by atoms with Gasteiger partial charge in [0.25, 0.3) is 5.56 Å². The summed E-state index contributed by atoms with van der Waals surface area (Å²) in [7, 11) is 1.85. The molecule has 2 fully saturated rings. The first-order valence-electron chi connectivity index (χ1n) is 9.34. The zero-order valence-electron chi connectivity index (χ0n) is 15.2. The van der Waals surface area contributed by atoms with Gasteiger partial charge in [-0.15, -0.1) is 0 Å². The van der Waals surface area contributed by atoms with Gasteiger partial charge in [-0.25, -0.2) is 4.98 Å². The third-order valence-corrected chi connectivity index (χ3v) is 6.06. The van der Waals surface area contributed by atoms with Crippen molar-refractivity contribution in [1.29, 1.82) is 0 Å². The summed E-state index contributed by atoms with van der Waals surface area (Å²) in [5.74, 6) is 0. The lowest BCUT2D eigenvalue weighted by molar-refractivity contribution is -0.0368. The summed E-state index contributed by atoms with van der Waals surface area (Å²) < 4.78 is 7.41. The molecule has 0 N–H and O–H groups in total. The molecule has 0 aromatic carbocycles. The Kier molecular flexibility index (Phi) is 4.38. The van der Waals surface area contributed by atoms with Crippen LogP contribution < -0.4 is 5.56 Å². The largest absolute Gasteiger partial charge is 0.381 e. The number of nitrogens with zero attached hydrogens (tertiary/aromatic N) is 3. The third-order valence-electron chi connectivity index (χ3n) is 6.06. The Morgan fingerprint density at radius 1 is 1.32 bits per heavy atom. The fourth-order valence-electron chi connectivity index (χ4n) is 4.90. The van der Waals surface area contributed by atoms with Crippen LogP contribution >= 0.6 is 0 Å². The summed E-state index contributed by atoms with van der Waals surface area (Å²) in [5, 5.41) is 0. The predicted molar refractivity (Wildman–Crippen MR) is 97.8 cm³/mol. The van der Waals surface area contributed by atoms with Gasteiger partial charge in [-0.3, -0.25) is 14.1 Å². The van der Waals surface area contributed by atoms with Crippen molar-refractivity contribution in [2.75, 3.05) is 20.2 Å². The molecule has 0 amide bonds. The number of hydrogen-bond acceptors (Lipinski definition) is 4. The zero-order valence-corrected chi connectivity index (χ0v) is 15.2. The van der Waals surface area contributed by atoms with E-state index in [1.54, 1.807) is 16.7 Å². The minimum Gasteiger partial charge on any atom is -0.381 e. The van der Waals surface area contributed by atoms with E-state index < -0.39 is 0 Å². The van der Waals surface area contributed by atoms with Gasteiger partial charge in [-0.05, 0) is 56.8 Å².